The van der Waals surface area contributed by atoms with Crippen LogP contribution in [0.2, 0.25) is 0 Å². The summed E-state index contributed by atoms with van der Waals surface area (Å²) < 4.78 is 2.22. The van der Waals surface area contributed by atoms with Crippen LogP contribution in [0.5, 0.6) is 0 Å². The van der Waals surface area contributed by atoms with Crippen LogP contribution in [0.1, 0.15) is 46.3 Å². The second-order valence-corrected chi connectivity index (χ2v) is 7.25. The number of fused-ring (bicyclic) bond motifs is 1. The van der Waals surface area contributed by atoms with Gasteiger partial charge in [-0.1, -0.05) is 0 Å². The lowest BCUT2D eigenvalue weighted by Gasteiger charge is -2.32. The fraction of sp³-hybridized carbons (Fsp3) is 0.389. The van der Waals surface area contributed by atoms with Gasteiger partial charge in [0.25, 0.3) is 5.91 Å². The molecule has 4 heterocycles. The molecule has 0 spiro atoms. The molecule has 0 bridgehead atoms. The number of nitrogens with zero attached hydrogens (tertiary/aromatic N) is 4. The van der Waals surface area contributed by atoms with Crippen LogP contribution in [0.15, 0.2) is 29.9 Å². The van der Waals surface area contributed by atoms with Crippen molar-refractivity contribution in [1.82, 2.24) is 19.3 Å². The van der Waals surface area contributed by atoms with Crippen LogP contribution in [0.3, 0.4) is 0 Å². The van der Waals surface area contributed by atoms with Gasteiger partial charge >= 0.3 is 0 Å². The van der Waals surface area contributed by atoms with E-state index in [1.54, 1.807) is 23.7 Å². The lowest BCUT2D eigenvalue weighted by Crippen LogP contribution is -2.39. The highest BCUT2D eigenvalue weighted by Crippen LogP contribution is 2.33. The second kappa shape index (κ2) is 6.02. The summed E-state index contributed by atoms with van der Waals surface area (Å²) in [5.41, 5.74) is 3.04. The van der Waals surface area contributed by atoms with Crippen molar-refractivity contribution in [1.29, 1.82) is 0 Å². The number of likely N-dealkylation sites (tertiary alicyclic amines) is 1. The molecule has 3 aromatic heterocycles. The van der Waals surface area contributed by atoms with Crippen LogP contribution in [0.25, 0.3) is 4.83 Å². The molecular weight excluding hydrogens is 320 g/mol. The SMILES string of the molecule is Cc1csc2c(C3CCCN(C(=O)c4cccnc4)C3)nc(C)n12. The fourth-order valence-corrected chi connectivity index (χ4v) is 4.68. The zero-order chi connectivity index (χ0) is 16.7. The Bertz CT molecular complexity index is 883. The molecule has 0 N–H and O–H groups in total. The van der Waals surface area contributed by atoms with Crippen LogP contribution in [0.4, 0.5) is 0 Å². The van der Waals surface area contributed by atoms with Gasteiger partial charge in [0.05, 0.1) is 11.3 Å². The van der Waals surface area contributed by atoms with Crippen molar-refractivity contribution in [2.24, 2.45) is 0 Å². The van der Waals surface area contributed by atoms with Gasteiger partial charge in [-0.25, -0.2) is 4.98 Å². The average molecular weight is 340 g/mol. The van der Waals surface area contributed by atoms with E-state index < -0.39 is 0 Å². The van der Waals surface area contributed by atoms with Gasteiger partial charge < -0.3 is 4.90 Å². The van der Waals surface area contributed by atoms with E-state index in [1.165, 1.54) is 10.5 Å². The summed E-state index contributed by atoms with van der Waals surface area (Å²) in [5.74, 6) is 1.41. The molecular formula is C18H20N4OS. The number of aromatic nitrogens is 3. The summed E-state index contributed by atoms with van der Waals surface area (Å²) in [7, 11) is 0. The van der Waals surface area contributed by atoms with Crippen molar-refractivity contribution in [2.75, 3.05) is 13.1 Å². The Hall–Kier alpha value is -2.21. The summed E-state index contributed by atoms with van der Waals surface area (Å²) in [4.78, 5) is 24.8. The Morgan fingerprint density at radius 2 is 2.25 bits per heavy atom. The van der Waals surface area contributed by atoms with E-state index in [1.807, 2.05) is 17.0 Å². The van der Waals surface area contributed by atoms with Crippen LogP contribution in [-0.4, -0.2) is 38.3 Å². The summed E-state index contributed by atoms with van der Waals surface area (Å²) in [6, 6.07) is 3.64. The number of imidazole rings is 1. The molecule has 24 heavy (non-hydrogen) atoms. The van der Waals surface area contributed by atoms with Crippen LogP contribution >= 0.6 is 11.3 Å². The summed E-state index contributed by atoms with van der Waals surface area (Å²) in [6.45, 7) is 5.71. The third kappa shape index (κ3) is 2.51. The Morgan fingerprint density at radius 1 is 1.38 bits per heavy atom. The number of thiazole rings is 1. The maximum atomic E-state index is 12.7. The Labute approximate surface area is 145 Å². The molecule has 3 aromatic rings. The Balaban J connectivity index is 1.62. The lowest BCUT2D eigenvalue weighted by molar-refractivity contribution is 0.0706. The predicted octanol–water partition coefficient (Wildman–Crippen LogP) is 3.43. The molecule has 1 amide bonds. The standard InChI is InChI=1S/C18H20N4OS/c1-12-11-24-18-16(20-13(2)22(12)18)15-6-4-8-21(10-15)17(23)14-5-3-7-19-9-14/h3,5,7,9,11,15H,4,6,8,10H2,1-2H3. The molecule has 0 radical (unpaired) electrons. The van der Waals surface area contributed by atoms with Gasteiger partial charge in [-0.05, 0) is 38.8 Å². The first-order valence-corrected chi connectivity index (χ1v) is 9.15. The first-order valence-electron chi connectivity index (χ1n) is 8.27. The van der Waals surface area contributed by atoms with Gasteiger partial charge in [-0.15, -0.1) is 11.3 Å². The van der Waals surface area contributed by atoms with Crippen molar-refractivity contribution in [3.63, 3.8) is 0 Å². The molecule has 1 fully saturated rings. The zero-order valence-electron chi connectivity index (χ0n) is 13.9. The molecule has 0 aliphatic carbocycles. The molecule has 124 valence electrons. The number of hydrogen-bond donors (Lipinski definition) is 0. The number of rotatable bonds is 2. The second-order valence-electron chi connectivity index (χ2n) is 6.39. The third-order valence-electron chi connectivity index (χ3n) is 4.73. The normalized spacial score (nSPS) is 18.2. The van der Waals surface area contributed by atoms with Crippen molar-refractivity contribution < 1.29 is 4.79 Å². The van der Waals surface area contributed by atoms with Gasteiger partial charge in [0.1, 0.15) is 10.7 Å². The largest absolute Gasteiger partial charge is 0.338 e. The Kier molecular flexibility index (Phi) is 3.84. The van der Waals surface area contributed by atoms with E-state index >= 15 is 0 Å². The van der Waals surface area contributed by atoms with Crippen molar-refractivity contribution in [3.05, 3.63) is 52.7 Å². The number of hydrogen-bond acceptors (Lipinski definition) is 4. The van der Waals surface area contributed by atoms with Gasteiger partial charge in [0.15, 0.2) is 0 Å². The van der Waals surface area contributed by atoms with E-state index in [-0.39, 0.29) is 5.91 Å². The van der Waals surface area contributed by atoms with Gasteiger partial charge in [-0.2, -0.15) is 0 Å². The summed E-state index contributed by atoms with van der Waals surface area (Å²) in [5, 5.41) is 2.18. The first kappa shape index (κ1) is 15.3. The first-order chi connectivity index (χ1) is 11.6. The van der Waals surface area contributed by atoms with E-state index in [2.05, 4.69) is 28.6 Å². The molecule has 6 heteroatoms. The Morgan fingerprint density at radius 3 is 3.04 bits per heavy atom. The molecule has 4 rings (SSSR count). The molecule has 0 saturated carbocycles. The molecule has 1 unspecified atom stereocenters. The highest BCUT2D eigenvalue weighted by Gasteiger charge is 2.29. The minimum absolute atomic E-state index is 0.0716. The molecule has 1 atom stereocenters. The number of pyridine rings is 1. The number of piperidine rings is 1. The van der Waals surface area contributed by atoms with Crippen LogP contribution in [0, 0.1) is 13.8 Å². The monoisotopic (exact) mass is 340 g/mol. The molecule has 1 saturated heterocycles. The molecule has 1 aliphatic rings. The number of amides is 1. The maximum absolute atomic E-state index is 12.7. The maximum Gasteiger partial charge on any atom is 0.255 e. The van der Waals surface area contributed by atoms with Crippen molar-refractivity contribution >= 4 is 22.1 Å². The highest BCUT2D eigenvalue weighted by molar-refractivity contribution is 7.15. The number of carbonyl (C=O) groups excluding carboxylic acids is 1. The minimum Gasteiger partial charge on any atom is -0.338 e. The van der Waals surface area contributed by atoms with Crippen LogP contribution in [-0.2, 0) is 0 Å². The fourth-order valence-electron chi connectivity index (χ4n) is 3.58. The predicted molar refractivity (Wildman–Crippen MR) is 94.7 cm³/mol. The van der Waals surface area contributed by atoms with Gasteiger partial charge in [0.2, 0.25) is 0 Å². The van der Waals surface area contributed by atoms with Gasteiger partial charge in [0, 0.05) is 42.5 Å². The smallest absolute Gasteiger partial charge is 0.255 e. The number of aryl methyl sites for hydroxylation is 2. The number of carbonyl (C=O) groups is 1. The summed E-state index contributed by atoms with van der Waals surface area (Å²) in [6.07, 6.45) is 5.44. The average Bonchev–Trinajstić information content (AvgIpc) is 3.16. The zero-order valence-corrected chi connectivity index (χ0v) is 14.7. The van der Waals surface area contributed by atoms with E-state index in [0.29, 0.717) is 11.5 Å². The topological polar surface area (TPSA) is 50.5 Å². The van der Waals surface area contributed by atoms with Crippen molar-refractivity contribution in [3.8, 4) is 0 Å². The quantitative estimate of drug-likeness (QED) is 0.718. The molecule has 1 aliphatic heterocycles. The third-order valence-corrected chi connectivity index (χ3v) is 5.80. The van der Waals surface area contributed by atoms with Gasteiger partial charge in [-0.3, -0.25) is 14.2 Å². The lowest BCUT2D eigenvalue weighted by atomic mass is 9.95. The minimum atomic E-state index is 0.0716. The van der Waals surface area contributed by atoms with Crippen molar-refractivity contribution in [2.45, 2.75) is 32.6 Å². The highest BCUT2D eigenvalue weighted by atomic mass is 32.1. The van der Waals surface area contributed by atoms with E-state index in [0.717, 1.165) is 37.4 Å². The van der Waals surface area contributed by atoms with E-state index in [4.69, 9.17) is 4.98 Å². The molecule has 5 nitrogen and oxygen atoms in total. The van der Waals surface area contributed by atoms with Crippen LogP contribution < -0.4 is 0 Å². The summed E-state index contributed by atoms with van der Waals surface area (Å²) >= 11 is 1.75. The van der Waals surface area contributed by atoms with E-state index in [9.17, 15) is 4.79 Å². The molecule has 0 aromatic carbocycles.